The van der Waals surface area contributed by atoms with Crippen molar-refractivity contribution in [3.63, 3.8) is 0 Å². The molecule has 2 heterocycles. The van der Waals surface area contributed by atoms with Crippen LogP contribution < -0.4 is 5.32 Å². The third-order valence-corrected chi connectivity index (χ3v) is 3.78. The Morgan fingerprint density at radius 2 is 1.81 bits per heavy atom. The maximum absolute atomic E-state index is 4.48. The van der Waals surface area contributed by atoms with Crippen molar-refractivity contribution in [1.29, 1.82) is 0 Å². The molecular formula is C15H28N6. The highest BCUT2D eigenvalue weighted by Crippen LogP contribution is 2.07. The van der Waals surface area contributed by atoms with Gasteiger partial charge in [0.25, 0.3) is 0 Å². The first-order valence-electron chi connectivity index (χ1n) is 7.81. The van der Waals surface area contributed by atoms with Crippen molar-refractivity contribution in [2.24, 2.45) is 0 Å². The van der Waals surface area contributed by atoms with Gasteiger partial charge in [-0.3, -0.25) is 14.8 Å². The number of piperazine rings is 1. The molecule has 0 spiro atoms. The molecule has 6 heteroatoms. The standard InChI is InChI=1S/C15H28N6/c1-4-16-15-12-17-14(11-18-15)13-21-9-7-20(8-10-21)6-5-19(2)3/h11-12H,4-10,13H2,1-3H3,(H,16,18). The highest BCUT2D eigenvalue weighted by atomic mass is 15.3. The van der Waals surface area contributed by atoms with Gasteiger partial charge in [-0.05, 0) is 21.0 Å². The van der Waals surface area contributed by atoms with E-state index in [9.17, 15) is 0 Å². The molecule has 0 bridgehead atoms. The van der Waals surface area contributed by atoms with Crippen LogP contribution in [0.25, 0.3) is 0 Å². The van der Waals surface area contributed by atoms with Crippen LogP contribution in [0.3, 0.4) is 0 Å². The van der Waals surface area contributed by atoms with Gasteiger partial charge >= 0.3 is 0 Å². The molecule has 0 saturated carbocycles. The van der Waals surface area contributed by atoms with E-state index in [1.165, 1.54) is 0 Å². The largest absolute Gasteiger partial charge is 0.369 e. The Morgan fingerprint density at radius 3 is 2.38 bits per heavy atom. The summed E-state index contributed by atoms with van der Waals surface area (Å²) in [6.07, 6.45) is 3.71. The molecule has 2 rings (SSSR count). The van der Waals surface area contributed by atoms with E-state index in [-0.39, 0.29) is 0 Å². The van der Waals surface area contributed by atoms with Gasteiger partial charge in [-0.1, -0.05) is 0 Å². The maximum Gasteiger partial charge on any atom is 0.144 e. The van der Waals surface area contributed by atoms with Crippen molar-refractivity contribution >= 4 is 5.82 Å². The average Bonchev–Trinajstić information content (AvgIpc) is 2.49. The Labute approximate surface area is 128 Å². The first-order valence-corrected chi connectivity index (χ1v) is 7.81. The van der Waals surface area contributed by atoms with Gasteiger partial charge in [-0.25, -0.2) is 4.98 Å². The molecule has 0 radical (unpaired) electrons. The number of hydrogen-bond acceptors (Lipinski definition) is 6. The molecule has 1 aliphatic rings. The molecule has 0 amide bonds. The van der Waals surface area contributed by atoms with E-state index in [1.54, 1.807) is 0 Å². The number of nitrogens with one attached hydrogen (secondary N) is 1. The summed E-state index contributed by atoms with van der Waals surface area (Å²) < 4.78 is 0. The molecule has 1 aliphatic heterocycles. The van der Waals surface area contributed by atoms with E-state index in [2.05, 4.69) is 51.0 Å². The van der Waals surface area contributed by atoms with E-state index in [0.717, 1.165) is 63.9 Å². The third-order valence-electron chi connectivity index (χ3n) is 3.78. The van der Waals surface area contributed by atoms with Gasteiger partial charge in [-0.15, -0.1) is 0 Å². The molecule has 1 aromatic heterocycles. The number of hydrogen-bond donors (Lipinski definition) is 1. The van der Waals surface area contributed by atoms with Gasteiger partial charge < -0.3 is 10.2 Å². The first kappa shape index (κ1) is 16.1. The predicted molar refractivity (Wildman–Crippen MR) is 86.5 cm³/mol. The van der Waals surface area contributed by atoms with Crippen LogP contribution in [0.2, 0.25) is 0 Å². The quantitative estimate of drug-likeness (QED) is 0.794. The molecule has 6 nitrogen and oxygen atoms in total. The van der Waals surface area contributed by atoms with Crippen LogP contribution >= 0.6 is 0 Å². The normalized spacial score (nSPS) is 17.3. The lowest BCUT2D eigenvalue weighted by Gasteiger charge is -2.34. The number of nitrogens with zero attached hydrogens (tertiary/aromatic N) is 5. The minimum absolute atomic E-state index is 0.856. The molecule has 0 aliphatic carbocycles. The molecule has 1 fully saturated rings. The zero-order chi connectivity index (χ0) is 15.1. The van der Waals surface area contributed by atoms with Crippen molar-refractivity contribution < 1.29 is 0 Å². The second kappa shape index (κ2) is 8.26. The van der Waals surface area contributed by atoms with Crippen LogP contribution in [0.1, 0.15) is 12.6 Å². The fourth-order valence-electron chi connectivity index (χ4n) is 2.45. The summed E-state index contributed by atoms with van der Waals surface area (Å²) in [5.74, 6) is 0.856. The molecule has 118 valence electrons. The Balaban J connectivity index is 1.72. The van der Waals surface area contributed by atoms with Gasteiger partial charge in [0.05, 0.1) is 18.1 Å². The summed E-state index contributed by atoms with van der Waals surface area (Å²) in [6, 6.07) is 0. The maximum atomic E-state index is 4.48. The van der Waals surface area contributed by atoms with Crippen molar-refractivity contribution in [2.75, 3.05) is 65.2 Å². The van der Waals surface area contributed by atoms with E-state index in [1.807, 2.05) is 12.4 Å². The Bertz CT molecular complexity index is 397. The second-order valence-corrected chi connectivity index (χ2v) is 5.84. The van der Waals surface area contributed by atoms with Crippen molar-refractivity contribution in [3.8, 4) is 0 Å². The van der Waals surface area contributed by atoms with E-state index in [0.29, 0.717) is 0 Å². The lowest BCUT2D eigenvalue weighted by atomic mass is 10.3. The summed E-state index contributed by atoms with van der Waals surface area (Å²) in [4.78, 5) is 16.1. The summed E-state index contributed by atoms with van der Waals surface area (Å²) >= 11 is 0. The van der Waals surface area contributed by atoms with E-state index < -0.39 is 0 Å². The highest BCUT2D eigenvalue weighted by molar-refractivity contribution is 5.30. The topological polar surface area (TPSA) is 47.5 Å². The minimum Gasteiger partial charge on any atom is -0.369 e. The number of rotatable bonds is 7. The first-order chi connectivity index (χ1) is 10.2. The van der Waals surface area contributed by atoms with Crippen LogP contribution in [-0.2, 0) is 6.54 Å². The van der Waals surface area contributed by atoms with Crippen LogP contribution in [0, 0.1) is 0 Å². The van der Waals surface area contributed by atoms with Crippen molar-refractivity contribution in [1.82, 2.24) is 24.7 Å². The van der Waals surface area contributed by atoms with E-state index in [4.69, 9.17) is 0 Å². The van der Waals surface area contributed by atoms with Gasteiger partial charge in [0.2, 0.25) is 0 Å². The number of likely N-dealkylation sites (N-methyl/N-ethyl adjacent to an activating group) is 1. The number of aromatic nitrogens is 2. The lowest BCUT2D eigenvalue weighted by Crippen LogP contribution is -2.47. The average molecular weight is 292 g/mol. The smallest absolute Gasteiger partial charge is 0.144 e. The fraction of sp³-hybridized carbons (Fsp3) is 0.733. The number of anilines is 1. The van der Waals surface area contributed by atoms with E-state index >= 15 is 0 Å². The Hall–Kier alpha value is -1.24. The summed E-state index contributed by atoms with van der Waals surface area (Å²) in [7, 11) is 4.26. The summed E-state index contributed by atoms with van der Waals surface area (Å²) in [5.41, 5.74) is 1.05. The van der Waals surface area contributed by atoms with Crippen molar-refractivity contribution in [2.45, 2.75) is 13.5 Å². The molecule has 0 aromatic carbocycles. The van der Waals surface area contributed by atoms with Gasteiger partial charge in [0, 0.05) is 52.4 Å². The highest BCUT2D eigenvalue weighted by Gasteiger charge is 2.17. The fourth-order valence-corrected chi connectivity index (χ4v) is 2.45. The SMILES string of the molecule is CCNc1cnc(CN2CCN(CCN(C)C)CC2)cn1. The van der Waals surface area contributed by atoms with Crippen LogP contribution in [0.15, 0.2) is 12.4 Å². The predicted octanol–water partition coefficient (Wildman–Crippen LogP) is 0.588. The van der Waals surface area contributed by atoms with Crippen LogP contribution in [-0.4, -0.2) is 84.6 Å². The van der Waals surface area contributed by atoms with Gasteiger partial charge in [-0.2, -0.15) is 0 Å². The Kier molecular flexibility index (Phi) is 6.35. The molecule has 0 unspecified atom stereocenters. The molecule has 1 saturated heterocycles. The molecular weight excluding hydrogens is 264 g/mol. The zero-order valence-corrected chi connectivity index (χ0v) is 13.5. The molecule has 1 N–H and O–H groups in total. The summed E-state index contributed by atoms with van der Waals surface area (Å²) in [6.45, 7) is 10.7. The van der Waals surface area contributed by atoms with Gasteiger partial charge in [0.1, 0.15) is 5.82 Å². The second-order valence-electron chi connectivity index (χ2n) is 5.84. The monoisotopic (exact) mass is 292 g/mol. The zero-order valence-electron chi connectivity index (χ0n) is 13.5. The lowest BCUT2D eigenvalue weighted by molar-refractivity contribution is 0.119. The van der Waals surface area contributed by atoms with Crippen LogP contribution in [0.5, 0.6) is 0 Å². The summed E-state index contributed by atoms with van der Waals surface area (Å²) in [5, 5.41) is 3.17. The van der Waals surface area contributed by atoms with Crippen molar-refractivity contribution in [3.05, 3.63) is 18.1 Å². The molecule has 1 aromatic rings. The molecule has 0 atom stereocenters. The van der Waals surface area contributed by atoms with Crippen LogP contribution in [0.4, 0.5) is 5.82 Å². The Morgan fingerprint density at radius 1 is 1.10 bits per heavy atom. The third kappa shape index (κ3) is 5.57. The van der Waals surface area contributed by atoms with Gasteiger partial charge in [0.15, 0.2) is 0 Å². The molecule has 21 heavy (non-hydrogen) atoms. The minimum atomic E-state index is 0.856.